The Bertz CT molecular complexity index is 758. The second-order valence-electron chi connectivity index (χ2n) is 6.06. The van der Waals surface area contributed by atoms with Crippen molar-refractivity contribution in [1.82, 2.24) is 19.6 Å². The number of aromatic nitrogens is 2. The third-order valence-corrected chi connectivity index (χ3v) is 3.98. The second kappa shape index (κ2) is 6.23. The molecule has 6 nitrogen and oxygen atoms in total. The number of nitriles is 1. The van der Waals surface area contributed by atoms with E-state index < -0.39 is 0 Å². The molecule has 1 aromatic carbocycles. The maximum atomic E-state index is 12.8. The number of carbonyl (C=O) groups excluding carboxylic acids is 1. The van der Waals surface area contributed by atoms with Gasteiger partial charge in [0.05, 0.1) is 29.9 Å². The minimum atomic E-state index is -0.0432. The van der Waals surface area contributed by atoms with Crippen LogP contribution in [0.3, 0.4) is 0 Å². The van der Waals surface area contributed by atoms with E-state index in [1.807, 2.05) is 29.7 Å². The molecule has 0 bridgehead atoms. The Morgan fingerprint density at radius 3 is 3.00 bits per heavy atom. The fourth-order valence-corrected chi connectivity index (χ4v) is 3.00. The molecule has 1 aromatic heterocycles. The Labute approximate surface area is 135 Å². The molecule has 2 aromatic rings. The van der Waals surface area contributed by atoms with Crippen LogP contribution in [0.15, 0.2) is 36.5 Å². The molecule has 0 saturated carbocycles. The van der Waals surface area contributed by atoms with Crippen molar-refractivity contribution < 1.29 is 4.79 Å². The standard InChI is InChI=1S/C17H19N5O/c1-20(2)10-16-12-21(11-15-6-7-19-22(15)16)17(23)14-5-3-4-13(8-14)9-18/h3-8,16H,10-12H2,1-2H3/t16-/m1/s1. The Hall–Kier alpha value is -2.65. The van der Waals surface area contributed by atoms with Gasteiger partial charge in [0, 0.05) is 24.8 Å². The van der Waals surface area contributed by atoms with Crippen molar-refractivity contribution in [2.24, 2.45) is 0 Å². The van der Waals surface area contributed by atoms with Crippen LogP contribution in [0.4, 0.5) is 0 Å². The minimum absolute atomic E-state index is 0.0432. The fraction of sp³-hybridized carbons (Fsp3) is 0.353. The zero-order valence-corrected chi connectivity index (χ0v) is 13.3. The van der Waals surface area contributed by atoms with Gasteiger partial charge >= 0.3 is 0 Å². The molecule has 6 heteroatoms. The van der Waals surface area contributed by atoms with Gasteiger partial charge in [-0.25, -0.2) is 0 Å². The van der Waals surface area contributed by atoms with Gasteiger partial charge in [-0.1, -0.05) is 6.07 Å². The predicted molar refractivity (Wildman–Crippen MR) is 85.7 cm³/mol. The van der Waals surface area contributed by atoms with Crippen LogP contribution in [-0.4, -0.2) is 52.7 Å². The van der Waals surface area contributed by atoms with E-state index in [1.165, 1.54) is 0 Å². The molecule has 0 saturated heterocycles. The number of amides is 1. The van der Waals surface area contributed by atoms with E-state index in [0.29, 0.717) is 24.2 Å². The van der Waals surface area contributed by atoms with Crippen molar-refractivity contribution in [3.05, 3.63) is 53.3 Å². The lowest BCUT2D eigenvalue weighted by atomic mass is 10.1. The summed E-state index contributed by atoms with van der Waals surface area (Å²) in [5, 5.41) is 13.4. The maximum Gasteiger partial charge on any atom is 0.254 e. The molecule has 3 rings (SSSR count). The van der Waals surface area contributed by atoms with E-state index in [-0.39, 0.29) is 11.9 Å². The molecule has 0 radical (unpaired) electrons. The molecule has 0 fully saturated rings. The number of nitrogens with zero attached hydrogens (tertiary/aromatic N) is 5. The molecule has 1 amide bonds. The summed E-state index contributed by atoms with van der Waals surface area (Å²) >= 11 is 0. The van der Waals surface area contributed by atoms with Crippen molar-refractivity contribution in [3.8, 4) is 6.07 Å². The third-order valence-electron chi connectivity index (χ3n) is 3.98. The topological polar surface area (TPSA) is 65.2 Å². The zero-order chi connectivity index (χ0) is 16.4. The highest BCUT2D eigenvalue weighted by Crippen LogP contribution is 2.22. The highest BCUT2D eigenvalue weighted by atomic mass is 16.2. The van der Waals surface area contributed by atoms with E-state index in [9.17, 15) is 4.79 Å². The van der Waals surface area contributed by atoms with E-state index in [0.717, 1.165) is 12.2 Å². The first-order chi connectivity index (χ1) is 11.1. The van der Waals surface area contributed by atoms with E-state index in [4.69, 9.17) is 5.26 Å². The summed E-state index contributed by atoms with van der Waals surface area (Å²) in [6.45, 7) is 1.97. The van der Waals surface area contributed by atoms with Crippen LogP contribution in [0.25, 0.3) is 0 Å². The Morgan fingerprint density at radius 2 is 2.26 bits per heavy atom. The molecule has 1 aliphatic heterocycles. The Balaban J connectivity index is 1.86. The molecule has 1 atom stereocenters. The quantitative estimate of drug-likeness (QED) is 0.862. The second-order valence-corrected chi connectivity index (χ2v) is 6.06. The molecular weight excluding hydrogens is 290 g/mol. The van der Waals surface area contributed by atoms with Gasteiger partial charge in [-0.2, -0.15) is 10.4 Å². The number of fused-ring (bicyclic) bond motifs is 1. The van der Waals surface area contributed by atoms with E-state index >= 15 is 0 Å². The maximum absolute atomic E-state index is 12.8. The van der Waals surface area contributed by atoms with Crippen LogP contribution in [0.1, 0.15) is 27.7 Å². The molecule has 1 aliphatic rings. The summed E-state index contributed by atoms with van der Waals surface area (Å²) in [6.07, 6.45) is 1.78. The van der Waals surface area contributed by atoms with E-state index in [1.54, 1.807) is 30.5 Å². The lowest BCUT2D eigenvalue weighted by Gasteiger charge is -2.35. The van der Waals surface area contributed by atoms with Gasteiger partial charge in [0.15, 0.2) is 0 Å². The zero-order valence-electron chi connectivity index (χ0n) is 13.3. The lowest BCUT2D eigenvalue weighted by molar-refractivity contribution is 0.0652. The first kappa shape index (κ1) is 15.3. The van der Waals surface area contributed by atoms with E-state index in [2.05, 4.69) is 16.1 Å². The summed E-state index contributed by atoms with van der Waals surface area (Å²) in [4.78, 5) is 16.7. The molecular formula is C17H19N5O. The van der Waals surface area contributed by atoms with Crippen molar-refractivity contribution in [2.45, 2.75) is 12.6 Å². The lowest BCUT2D eigenvalue weighted by Crippen LogP contribution is -2.44. The van der Waals surface area contributed by atoms with Crippen LogP contribution in [0.5, 0.6) is 0 Å². The van der Waals surface area contributed by atoms with Crippen LogP contribution in [0.2, 0.25) is 0 Å². The molecule has 0 aliphatic carbocycles. The van der Waals surface area contributed by atoms with Crippen LogP contribution in [0, 0.1) is 11.3 Å². The summed E-state index contributed by atoms with van der Waals surface area (Å²) in [5.41, 5.74) is 2.09. The highest BCUT2D eigenvalue weighted by molar-refractivity contribution is 5.94. The molecule has 0 spiro atoms. The van der Waals surface area contributed by atoms with Gasteiger partial charge in [0.1, 0.15) is 0 Å². The average Bonchev–Trinajstić information content (AvgIpc) is 3.02. The monoisotopic (exact) mass is 309 g/mol. The molecule has 0 N–H and O–H groups in total. The van der Waals surface area contributed by atoms with Crippen molar-refractivity contribution in [3.63, 3.8) is 0 Å². The van der Waals surface area contributed by atoms with Crippen LogP contribution in [-0.2, 0) is 6.54 Å². The number of rotatable bonds is 3. The number of benzene rings is 1. The summed E-state index contributed by atoms with van der Waals surface area (Å²) < 4.78 is 2.01. The Kier molecular flexibility index (Phi) is 4.13. The highest BCUT2D eigenvalue weighted by Gasteiger charge is 2.29. The fourth-order valence-electron chi connectivity index (χ4n) is 3.00. The molecule has 118 valence electrons. The van der Waals surface area contributed by atoms with Crippen molar-refractivity contribution >= 4 is 5.91 Å². The predicted octanol–water partition coefficient (Wildman–Crippen LogP) is 1.51. The van der Waals surface area contributed by atoms with Gasteiger partial charge in [0.2, 0.25) is 0 Å². The number of carbonyl (C=O) groups is 1. The SMILES string of the molecule is CN(C)C[C@@H]1CN(C(=O)c2cccc(C#N)c2)Cc2ccnn21. The number of hydrogen-bond donors (Lipinski definition) is 0. The van der Waals surface area contributed by atoms with Gasteiger partial charge in [-0.3, -0.25) is 9.48 Å². The minimum Gasteiger partial charge on any atom is -0.331 e. The molecule has 0 unspecified atom stereocenters. The van der Waals surface area contributed by atoms with Crippen LogP contribution < -0.4 is 0 Å². The Morgan fingerprint density at radius 1 is 1.43 bits per heavy atom. The number of likely N-dealkylation sites (N-methyl/N-ethyl adjacent to an activating group) is 1. The van der Waals surface area contributed by atoms with Gasteiger partial charge < -0.3 is 9.80 Å². The number of hydrogen-bond acceptors (Lipinski definition) is 4. The van der Waals surface area contributed by atoms with Gasteiger partial charge in [-0.05, 0) is 38.4 Å². The smallest absolute Gasteiger partial charge is 0.254 e. The van der Waals surface area contributed by atoms with Crippen molar-refractivity contribution in [1.29, 1.82) is 5.26 Å². The largest absolute Gasteiger partial charge is 0.331 e. The average molecular weight is 309 g/mol. The molecule has 23 heavy (non-hydrogen) atoms. The van der Waals surface area contributed by atoms with Crippen molar-refractivity contribution in [2.75, 3.05) is 27.2 Å². The normalized spacial score (nSPS) is 17.0. The van der Waals surface area contributed by atoms with Gasteiger partial charge in [-0.15, -0.1) is 0 Å². The summed E-state index contributed by atoms with van der Waals surface area (Å²) in [6, 6.07) is 11.0. The first-order valence-electron chi connectivity index (χ1n) is 7.55. The van der Waals surface area contributed by atoms with Gasteiger partial charge in [0.25, 0.3) is 5.91 Å². The summed E-state index contributed by atoms with van der Waals surface area (Å²) in [7, 11) is 4.03. The molecule has 2 heterocycles. The van der Waals surface area contributed by atoms with Crippen LogP contribution >= 0.6 is 0 Å². The summed E-state index contributed by atoms with van der Waals surface area (Å²) in [5.74, 6) is -0.0432. The third kappa shape index (κ3) is 3.10. The first-order valence-corrected chi connectivity index (χ1v) is 7.55.